The first kappa shape index (κ1) is 34.9. The minimum Gasteiger partial charge on any atom is -0.0840 e. The largest absolute Gasteiger partial charge is 0.0840 e. The van der Waals surface area contributed by atoms with Crippen molar-refractivity contribution in [3.8, 4) is 0 Å². The van der Waals surface area contributed by atoms with Crippen LogP contribution in [0.4, 0.5) is 0 Å². The smallest absolute Gasteiger partial charge is 0.0347 e. The van der Waals surface area contributed by atoms with Crippen LogP contribution in [0.25, 0.3) is 0 Å². The molecule has 0 radical (unpaired) electrons. The predicted octanol–water partition coefficient (Wildman–Crippen LogP) is 13.7. The molecule has 0 nitrogen and oxygen atoms in total. The topological polar surface area (TPSA) is 0 Å². The molecular formula is C34H67P. The molecule has 0 aromatic rings. The van der Waals surface area contributed by atoms with E-state index in [0.717, 1.165) is 8.58 Å². The number of rotatable bonds is 30. The fourth-order valence-electron chi connectivity index (χ4n) is 4.92. The normalized spacial score (nSPS) is 12.3. The molecule has 0 atom stereocenters. The number of unbranched alkanes of at least 4 members (excludes halogenated alkanes) is 26. The van der Waals surface area contributed by atoms with E-state index in [1.54, 1.807) is 0 Å². The van der Waals surface area contributed by atoms with Crippen LogP contribution in [0.5, 0.6) is 0 Å². The first-order chi connectivity index (χ1) is 17.4. The Kier molecular flexibility index (Phi) is 33.8. The maximum absolute atomic E-state index is 2.42. The Balaban J connectivity index is 3.14. The van der Waals surface area contributed by atoms with Gasteiger partial charge < -0.3 is 0 Å². The summed E-state index contributed by atoms with van der Waals surface area (Å²) in [4.78, 5) is 0. The third-order valence-corrected chi connectivity index (χ3v) is 8.23. The van der Waals surface area contributed by atoms with Crippen LogP contribution in [-0.4, -0.2) is 0 Å². The molecule has 0 N–H and O–H groups in total. The molecule has 0 rings (SSSR count). The Hall–Kier alpha value is -0.0900. The van der Waals surface area contributed by atoms with E-state index in [4.69, 9.17) is 0 Å². The highest BCUT2D eigenvalue weighted by atomic mass is 31.1. The molecule has 0 aliphatic heterocycles. The van der Waals surface area contributed by atoms with E-state index in [-0.39, 0.29) is 0 Å². The molecule has 0 saturated heterocycles. The molecule has 0 saturated carbocycles. The third-order valence-electron chi connectivity index (χ3n) is 7.38. The standard InChI is InChI=1S/C34H67P/c1-3-5-7-9-11-13-15-17-19-21-23-25-27-29-31-33-35-34-32-30-28-26-24-22-20-18-16-14-12-10-8-6-4-2/h31-35H,3-30H2,1-2H3. The van der Waals surface area contributed by atoms with Gasteiger partial charge in [0.2, 0.25) is 0 Å². The summed E-state index contributed by atoms with van der Waals surface area (Å²) in [6.45, 7) is 4.60. The van der Waals surface area contributed by atoms with E-state index in [1.807, 2.05) is 0 Å². The van der Waals surface area contributed by atoms with E-state index < -0.39 is 0 Å². The van der Waals surface area contributed by atoms with Crippen molar-refractivity contribution in [3.05, 3.63) is 23.8 Å². The van der Waals surface area contributed by atoms with Gasteiger partial charge in [0.05, 0.1) is 0 Å². The molecule has 0 unspecified atom stereocenters. The second-order valence-electron chi connectivity index (χ2n) is 11.0. The van der Waals surface area contributed by atoms with Crippen molar-refractivity contribution in [2.45, 2.75) is 194 Å². The van der Waals surface area contributed by atoms with E-state index in [0.29, 0.717) is 0 Å². The van der Waals surface area contributed by atoms with Crippen LogP contribution in [0.3, 0.4) is 0 Å². The zero-order valence-electron chi connectivity index (χ0n) is 24.6. The van der Waals surface area contributed by atoms with Crippen molar-refractivity contribution in [2.24, 2.45) is 0 Å². The molecule has 0 aliphatic carbocycles. The first-order valence-electron chi connectivity index (χ1n) is 16.5. The van der Waals surface area contributed by atoms with Crippen molar-refractivity contribution < 1.29 is 0 Å². The zero-order chi connectivity index (χ0) is 25.3. The fourth-order valence-corrected chi connectivity index (χ4v) is 5.63. The summed E-state index contributed by atoms with van der Waals surface area (Å²) in [5.74, 6) is 4.81. The van der Waals surface area contributed by atoms with Crippen molar-refractivity contribution in [2.75, 3.05) is 0 Å². The second kappa shape index (κ2) is 33.9. The number of allylic oxidation sites excluding steroid dienone is 2. The first-order valence-corrected chi connectivity index (χ1v) is 17.6. The highest BCUT2D eigenvalue weighted by Crippen LogP contribution is 2.18. The van der Waals surface area contributed by atoms with Gasteiger partial charge in [0.25, 0.3) is 0 Å². The molecule has 0 aromatic carbocycles. The van der Waals surface area contributed by atoms with E-state index >= 15 is 0 Å². The molecule has 0 fully saturated rings. The van der Waals surface area contributed by atoms with E-state index in [1.165, 1.54) is 180 Å². The average Bonchev–Trinajstić information content (AvgIpc) is 2.87. The summed E-state index contributed by atoms with van der Waals surface area (Å²) in [6, 6.07) is 0. The van der Waals surface area contributed by atoms with Gasteiger partial charge in [-0.15, -0.1) is 0 Å². The molecule has 0 heterocycles. The second-order valence-corrected chi connectivity index (χ2v) is 12.0. The van der Waals surface area contributed by atoms with Crippen LogP contribution in [0.1, 0.15) is 194 Å². The summed E-state index contributed by atoms with van der Waals surface area (Å²) < 4.78 is 0. The molecule has 0 amide bonds. The third kappa shape index (κ3) is 33.9. The Bertz CT molecular complexity index is 373. The summed E-state index contributed by atoms with van der Waals surface area (Å²) in [5, 5.41) is 0. The monoisotopic (exact) mass is 506 g/mol. The highest BCUT2D eigenvalue weighted by Gasteiger charge is 1.94. The number of hydrogen-bond donors (Lipinski definition) is 0. The SMILES string of the molecule is CCCCCCCCCCCCCCCC=CPC=CCCCCCCCCCCCCCCC. The Morgan fingerprint density at radius 1 is 0.314 bits per heavy atom. The molecule has 35 heavy (non-hydrogen) atoms. The van der Waals surface area contributed by atoms with Crippen LogP contribution >= 0.6 is 8.58 Å². The molecule has 1 heteroatoms. The Labute approximate surface area is 225 Å². The van der Waals surface area contributed by atoms with Gasteiger partial charge in [0, 0.05) is 0 Å². The lowest BCUT2D eigenvalue weighted by atomic mass is 10.0. The lowest BCUT2D eigenvalue weighted by molar-refractivity contribution is 0.540. The van der Waals surface area contributed by atoms with Crippen molar-refractivity contribution >= 4 is 8.58 Å². The van der Waals surface area contributed by atoms with Crippen molar-refractivity contribution in [3.63, 3.8) is 0 Å². The highest BCUT2D eigenvalue weighted by molar-refractivity contribution is 7.45. The number of hydrogen-bond acceptors (Lipinski definition) is 0. The summed E-state index contributed by atoms with van der Waals surface area (Å²) in [7, 11) is 0.893. The molecule has 0 aromatic heterocycles. The average molecular weight is 507 g/mol. The lowest BCUT2D eigenvalue weighted by Gasteiger charge is -2.02. The Morgan fingerprint density at radius 2 is 0.543 bits per heavy atom. The quantitative estimate of drug-likeness (QED) is 0.0671. The van der Waals surface area contributed by atoms with Crippen LogP contribution in [-0.2, 0) is 0 Å². The van der Waals surface area contributed by atoms with Gasteiger partial charge in [-0.1, -0.05) is 200 Å². The van der Waals surface area contributed by atoms with Gasteiger partial charge >= 0.3 is 0 Å². The summed E-state index contributed by atoms with van der Waals surface area (Å²) >= 11 is 0. The van der Waals surface area contributed by atoms with Crippen LogP contribution in [0.15, 0.2) is 23.8 Å². The van der Waals surface area contributed by atoms with E-state index in [2.05, 4.69) is 37.6 Å². The van der Waals surface area contributed by atoms with Gasteiger partial charge in [0.1, 0.15) is 0 Å². The lowest BCUT2D eigenvalue weighted by Crippen LogP contribution is -1.82. The van der Waals surface area contributed by atoms with Gasteiger partial charge in [-0.25, -0.2) is 0 Å². The summed E-state index contributed by atoms with van der Waals surface area (Å²) in [5.41, 5.74) is 0. The van der Waals surface area contributed by atoms with Gasteiger partial charge in [-0.3, -0.25) is 0 Å². The fraction of sp³-hybridized carbons (Fsp3) is 0.882. The molecule has 0 aliphatic rings. The maximum atomic E-state index is 2.42. The molecule has 0 bridgehead atoms. The molecule has 0 spiro atoms. The van der Waals surface area contributed by atoms with Crippen molar-refractivity contribution in [1.29, 1.82) is 0 Å². The van der Waals surface area contributed by atoms with Gasteiger partial charge in [-0.05, 0) is 25.7 Å². The maximum Gasteiger partial charge on any atom is -0.0347 e. The predicted molar refractivity (Wildman–Crippen MR) is 167 cm³/mol. The minimum absolute atomic E-state index is 0.893. The van der Waals surface area contributed by atoms with Gasteiger partial charge in [0.15, 0.2) is 0 Å². The Morgan fingerprint density at radius 3 is 0.800 bits per heavy atom. The molecular weight excluding hydrogens is 439 g/mol. The van der Waals surface area contributed by atoms with E-state index in [9.17, 15) is 0 Å². The minimum atomic E-state index is 0.893. The molecule has 208 valence electrons. The van der Waals surface area contributed by atoms with Crippen LogP contribution < -0.4 is 0 Å². The van der Waals surface area contributed by atoms with Crippen LogP contribution in [0, 0.1) is 0 Å². The van der Waals surface area contributed by atoms with Gasteiger partial charge in [-0.2, -0.15) is 0 Å². The van der Waals surface area contributed by atoms with Crippen molar-refractivity contribution in [1.82, 2.24) is 0 Å². The van der Waals surface area contributed by atoms with Crippen LogP contribution in [0.2, 0.25) is 0 Å². The zero-order valence-corrected chi connectivity index (χ0v) is 25.6. The summed E-state index contributed by atoms with van der Waals surface area (Å²) in [6.07, 6.45) is 45.1.